The summed E-state index contributed by atoms with van der Waals surface area (Å²) in [5, 5.41) is 0. The van der Waals surface area contributed by atoms with Crippen LogP contribution in [0.2, 0.25) is 0 Å². The van der Waals surface area contributed by atoms with Gasteiger partial charge in [0.05, 0.1) is 0 Å². The number of rotatable bonds is 5. The maximum absolute atomic E-state index is 13.0. The SMILES string of the molecule is Cc1cccc(C(=O)N(CCCN)C2CCCCC2)c1C. The molecule has 1 aromatic rings. The van der Waals surface area contributed by atoms with Gasteiger partial charge < -0.3 is 10.6 Å². The van der Waals surface area contributed by atoms with Crippen LogP contribution < -0.4 is 5.73 Å². The Morgan fingerprint density at radius 1 is 1.24 bits per heavy atom. The molecule has 0 spiro atoms. The van der Waals surface area contributed by atoms with Gasteiger partial charge in [0.15, 0.2) is 0 Å². The van der Waals surface area contributed by atoms with Crippen molar-refractivity contribution in [3.8, 4) is 0 Å². The summed E-state index contributed by atoms with van der Waals surface area (Å²) >= 11 is 0. The van der Waals surface area contributed by atoms with Crippen molar-refractivity contribution in [2.75, 3.05) is 13.1 Å². The van der Waals surface area contributed by atoms with E-state index in [0.29, 0.717) is 12.6 Å². The molecule has 0 heterocycles. The largest absolute Gasteiger partial charge is 0.336 e. The molecule has 0 unspecified atom stereocenters. The first-order valence-electron chi connectivity index (χ1n) is 8.22. The van der Waals surface area contributed by atoms with E-state index in [1.165, 1.54) is 24.8 Å². The number of amides is 1. The van der Waals surface area contributed by atoms with E-state index >= 15 is 0 Å². The van der Waals surface area contributed by atoms with Crippen LogP contribution in [0.4, 0.5) is 0 Å². The third-order valence-corrected chi connectivity index (χ3v) is 4.71. The molecule has 3 nitrogen and oxygen atoms in total. The van der Waals surface area contributed by atoms with Gasteiger partial charge >= 0.3 is 0 Å². The molecule has 116 valence electrons. The van der Waals surface area contributed by atoms with Crippen LogP contribution in [0.5, 0.6) is 0 Å². The first-order chi connectivity index (χ1) is 10.1. The van der Waals surface area contributed by atoms with Gasteiger partial charge in [-0.25, -0.2) is 0 Å². The number of nitrogens with zero attached hydrogens (tertiary/aromatic N) is 1. The summed E-state index contributed by atoms with van der Waals surface area (Å²) in [4.78, 5) is 15.1. The number of hydrogen-bond acceptors (Lipinski definition) is 2. The van der Waals surface area contributed by atoms with Crippen LogP contribution in [0.15, 0.2) is 18.2 Å². The van der Waals surface area contributed by atoms with Gasteiger partial charge in [0.1, 0.15) is 0 Å². The fourth-order valence-electron chi connectivity index (χ4n) is 3.24. The van der Waals surface area contributed by atoms with Crippen molar-refractivity contribution in [3.63, 3.8) is 0 Å². The molecule has 3 heteroatoms. The molecule has 1 aromatic carbocycles. The molecule has 0 aromatic heterocycles. The number of hydrogen-bond donors (Lipinski definition) is 1. The fraction of sp³-hybridized carbons (Fsp3) is 0.611. The Morgan fingerprint density at radius 2 is 1.95 bits per heavy atom. The van der Waals surface area contributed by atoms with Crippen molar-refractivity contribution < 1.29 is 4.79 Å². The van der Waals surface area contributed by atoms with E-state index in [2.05, 4.69) is 17.9 Å². The highest BCUT2D eigenvalue weighted by molar-refractivity contribution is 5.96. The first kappa shape index (κ1) is 16.0. The van der Waals surface area contributed by atoms with Crippen molar-refractivity contribution in [2.45, 2.75) is 58.4 Å². The molecule has 1 saturated carbocycles. The lowest BCUT2D eigenvalue weighted by molar-refractivity contribution is 0.0632. The van der Waals surface area contributed by atoms with E-state index in [1.807, 2.05) is 19.1 Å². The van der Waals surface area contributed by atoms with E-state index in [1.54, 1.807) is 0 Å². The number of carbonyl (C=O) groups excluding carboxylic acids is 1. The van der Waals surface area contributed by atoms with Gasteiger partial charge in [-0.15, -0.1) is 0 Å². The first-order valence-corrected chi connectivity index (χ1v) is 8.22. The van der Waals surface area contributed by atoms with Gasteiger partial charge in [0.25, 0.3) is 5.91 Å². The standard InChI is InChI=1S/C18H28N2O/c1-14-8-6-11-17(15(14)2)18(21)20(13-7-12-19)16-9-4-3-5-10-16/h6,8,11,16H,3-5,7,9-10,12-13,19H2,1-2H3. The van der Waals surface area contributed by atoms with Crippen molar-refractivity contribution in [1.29, 1.82) is 0 Å². The van der Waals surface area contributed by atoms with Crippen LogP contribution in [0.3, 0.4) is 0 Å². The molecule has 21 heavy (non-hydrogen) atoms. The molecule has 0 atom stereocenters. The average Bonchev–Trinajstić information content (AvgIpc) is 2.51. The summed E-state index contributed by atoms with van der Waals surface area (Å²) in [6.45, 7) is 5.54. The Morgan fingerprint density at radius 3 is 2.62 bits per heavy atom. The minimum absolute atomic E-state index is 0.191. The Kier molecular flexibility index (Phi) is 5.80. The van der Waals surface area contributed by atoms with Crippen LogP contribution in [-0.4, -0.2) is 29.9 Å². The molecular formula is C18H28N2O. The summed E-state index contributed by atoms with van der Waals surface area (Å²) < 4.78 is 0. The zero-order valence-electron chi connectivity index (χ0n) is 13.4. The predicted molar refractivity (Wildman–Crippen MR) is 87.5 cm³/mol. The monoisotopic (exact) mass is 288 g/mol. The molecule has 0 aliphatic heterocycles. The van der Waals surface area contributed by atoms with Gasteiger partial charge in [-0.2, -0.15) is 0 Å². The molecular weight excluding hydrogens is 260 g/mol. The Balaban J connectivity index is 2.22. The van der Waals surface area contributed by atoms with E-state index in [9.17, 15) is 4.79 Å². The lowest BCUT2D eigenvalue weighted by atomic mass is 9.93. The predicted octanol–water partition coefficient (Wildman–Crippen LogP) is 3.43. The number of nitrogens with two attached hydrogens (primary N) is 1. The summed E-state index contributed by atoms with van der Waals surface area (Å²) in [6, 6.07) is 6.41. The van der Waals surface area contributed by atoms with Crippen molar-refractivity contribution in [3.05, 3.63) is 34.9 Å². The van der Waals surface area contributed by atoms with Gasteiger partial charge in [-0.3, -0.25) is 4.79 Å². The lowest BCUT2D eigenvalue weighted by Crippen LogP contribution is -2.42. The molecule has 2 N–H and O–H groups in total. The quantitative estimate of drug-likeness (QED) is 0.902. The average molecular weight is 288 g/mol. The minimum atomic E-state index is 0.191. The topological polar surface area (TPSA) is 46.3 Å². The summed E-state index contributed by atoms with van der Waals surface area (Å²) in [6.07, 6.45) is 6.95. The molecule has 1 aliphatic rings. The Labute approximate surface area is 128 Å². The van der Waals surface area contributed by atoms with Crippen molar-refractivity contribution in [1.82, 2.24) is 4.90 Å². The number of carbonyl (C=O) groups is 1. The maximum atomic E-state index is 13.0. The van der Waals surface area contributed by atoms with E-state index in [0.717, 1.165) is 36.9 Å². The number of benzene rings is 1. The van der Waals surface area contributed by atoms with Gasteiger partial charge in [-0.1, -0.05) is 31.4 Å². The fourth-order valence-corrected chi connectivity index (χ4v) is 3.24. The molecule has 1 fully saturated rings. The molecule has 0 bridgehead atoms. The van der Waals surface area contributed by atoms with E-state index in [4.69, 9.17) is 5.73 Å². The molecule has 0 radical (unpaired) electrons. The highest BCUT2D eigenvalue weighted by atomic mass is 16.2. The van der Waals surface area contributed by atoms with Crippen LogP contribution in [0, 0.1) is 13.8 Å². The molecule has 2 rings (SSSR count). The maximum Gasteiger partial charge on any atom is 0.254 e. The summed E-state index contributed by atoms with van der Waals surface area (Å²) in [5.74, 6) is 0.191. The normalized spacial score (nSPS) is 16.0. The smallest absolute Gasteiger partial charge is 0.254 e. The van der Waals surface area contributed by atoms with E-state index < -0.39 is 0 Å². The zero-order chi connectivity index (χ0) is 15.2. The zero-order valence-corrected chi connectivity index (χ0v) is 13.4. The second-order valence-corrected chi connectivity index (χ2v) is 6.18. The van der Waals surface area contributed by atoms with Gasteiger partial charge in [0.2, 0.25) is 0 Å². The lowest BCUT2D eigenvalue weighted by Gasteiger charge is -2.35. The summed E-state index contributed by atoms with van der Waals surface area (Å²) in [5.41, 5.74) is 8.81. The third kappa shape index (κ3) is 3.85. The Bertz CT molecular complexity index is 478. The van der Waals surface area contributed by atoms with Crippen LogP contribution in [0.1, 0.15) is 60.0 Å². The van der Waals surface area contributed by atoms with Crippen molar-refractivity contribution in [2.24, 2.45) is 5.73 Å². The van der Waals surface area contributed by atoms with E-state index in [-0.39, 0.29) is 5.91 Å². The highest BCUT2D eigenvalue weighted by Crippen LogP contribution is 2.25. The van der Waals surface area contributed by atoms with Gasteiger partial charge in [-0.05, 0) is 56.8 Å². The Hall–Kier alpha value is -1.35. The number of aryl methyl sites for hydroxylation is 1. The van der Waals surface area contributed by atoms with Crippen LogP contribution in [0.25, 0.3) is 0 Å². The van der Waals surface area contributed by atoms with Crippen LogP contribution in [-0.2, 0) is 0 Å². The van der Waals surface area contributed by atoms with Crippen LogP contribution >= 0.6 is 0 Å². The minimum Gasteiger partial charge on any atom is -0.336 e. The van der Waals surface area contributed by atoms with Crippen molar-refractivity contribution >= 4 is 5.91 Å². The van der Waals surface area contributed by atoms with Gasteiger partial charge in [0, 0.05) is 18.2 Å². The molecule has 1 aliphatic carbocycles. The summed E-state index contributed by atoms with van der Waals surface area (Å²) in [7, 11) is 0. The highest BCUT2D eigenvalue weighted by Gasteiger charge is 2.26. The second kappa shape index (κ2) is 7.60. The third-order valence-electron chi connectivity index (χ3n) is 4.71. The molecule has 1 amide bonds. The second-order valence-electron chi connectivity index (χ2n) is 6.18. The molecule has 0 saturated heterocycles.